The van der Waals surface area contributed by atoms with Gasteiger partial charge in [0.05, 0.1) is 41.3 Å². The molecule has 27 heavy (non-hydrogen) atoms. The summed E-state index contributed by atoms with van der Waals surface area (Å²) in [7, 11) is 0. The number of carbonyl (C=O) groups excluding carboxylic acids is 2. The fourth-order valence-electron chi connectivity index (χ4n) is 3.33. The van der Waals surface area contributed by atoms with E-state index in [1.807, 2.05) is 24.4 Å². The van der Waals surface area contributed by atoms with Gasteiger partial charge < -0.3 is 14.8 Å². The first kappa shape index (κ1) is 20.0. The molecule has 2 atom stereocenters. The number of thiophene rings is 1. The van der Waals surface area contributed by atoms with Crippen LogP contribution in [0, 0.1) is 0 Å². The molecule has 0 bridgehead atoms. The van der Waals surface area contributed by atoms with Crippen LogP contribution in [0.2, 0.25) is 0 Å². The molecule has 2 aliphatic heterocycles. The van der Waals surface area contributed by atoms with Crippen LogP contribution in [0.4, 0.5) is 0 Å². The molecule has 146 valence electrons. The topological polar surface area (TPSA) is 76.7 Å². The molecule has 3 heterocycles. The minimum atomic E-state index is -0.498. The molecule has 0 radical (unpaired) electrons. The molecule has 0 amide bonds. The Hall–Kier alpha value is -1.77. The van der Waals surface area contributed by atoms with E-state index < -0.39 is 17.9 Å². The fraction of sp³-hybridized carbons (Fsp3) is 0.474. The predicted molar refractivity (Wildman–Crippen MR) is 107 cm³/mol. The average Bonchev–Trinajstić information content (AvgIpc) is 3.34. The van der Waals surface area contributed by atoms with Gasteiger partial charge >= 0.3 is 11.9 Å². The lowest BCUT2D eigenvalue weighted by Gasteiger charge is -2.32. The second-order valence-electron chi connectivity index (χ2n) is 6.09. The molecule has 6 nitrogen and oxygen atoms in total. The molecule has 0 aromatic carbocycles. The second-order valence-corrected chi connectivity index (χ2v) is 8.28. The van der Waals surface area contributed by atoms with Crippen molar-refractivity contribution in [2.75, 3.05) is 25.5 Å². The highest BCUT2D eigenvalue weighted by Crippen LogP contribution is 2.43. The highest BCUT2D eigenvalue weighted by Gasteiger charge is 2.41. The molecular formula is C19H24N2O4S2. The maximum Gasteiger partial charge on any atom is 0.336 e. The number of ether oxygens (including phenoxy) is 2. The van der Waals surface area contributed by atoms with Gasteiger partial charge in [-0.05, 0) is 32.2 Å². The van der Waals surface area contributed by atoms with E-state index in [1.165, 1.54) is 11.3 Å². The predicted octanol–water partition coefficient (Wildman–Crippen LogP) is 2.75. The summed E-state index contributed by atoms with van der Waals surface area (Å²) in [6.45, 7) is 6.83. The lowest BCUT2D eigenvalue weighted by Crippen LogP contribution is -2.39. The molecule has 0 saturated carbocycles. The van der Waals surface area contributed by atoms with Crippen LogP contribution in [0.25, 0.3) is 0 Å². The molecule has 0 aliphatic carbocycles. The normalized spacial score (nSPS) is 22.6. The zero-order valence-corrected chi connectivity index (χ0v) is 17.3. The van der Waals surface area contributed by atoms with Crippen LogP contribution < -0.4 is 10.6 Å². The van der Waals surface area contributed by atoms with Gasteiger partial charge in [0, 0.05) is 22.9 Å². The van der Waals surface area contributed by atoms with Crippen molar-refractivity contribution in [3.05, 3.63) is 44.9 Å². The maximum atomic E-state index is 13.0. The summed E-state index contributed by atoms with van der Waals surface area (Å²) in [5.74, 6) is -0.346. The van der Waals surface area contributed by atoms with E-state index in [0.29, 0.717) is 16.8 Å². The Bertz CT molecular complexity index is 765. The van der Waals surface area contributed by atoms with Gasteiger partial charge in [0.15, 0.2) is 0 Å². The van der Waals surface area contributed by atoms with Crippen LogP contribution in [-0.2, 0) is 19.1 Å². The highest BCUT2D eigenvalue weighted by atomic mass is 32.2. The first-order valence-corrected chi connectivity index (χ1v) is 11.0. The Labute approximate surface area is 167 Å². The third kappa shape index (κ3) is 4.07. The van der Waals surface area contributed by atoms with Crippen molar-refractivity contribution in [1.82, 2.24) is 10.6 Å². The van der Waals surface area contributed by atoms with Gasteiger partial charge in [0.25, 0.3) is 0 Å². The minimum Gasteiger partial charge on any atom is -0.463 e. The quantitative estimate of drug-likeness (QED) is 0.701. The molecule has 2 aliphatic rings. The molecule has 1 aromatic rings. The lowest BCUT2D eigenvalue weighted by atomic mass is 9.84. The Morgan fingerprint density at radius 3 is 2.44 bits per heavy atom. The molecule has 2 N–H and O–H groups in total. The molecule has 1 fully saturated rings. The average molecular weight is 409 g/mol. The van der Waals surface area contributed by atoms with Crippen LogP contribution in [-0.4, -0.2) is 42.8 Å². The number of thioether (sulfide) groups is 1. The minimum absolute atomic E-state index is 0.0365. The largest absolute Gasteiger partial charge is 0.463 e. The highest BCUT2D eigenvalue weighted by molar-refractivity contribution is 8.00. The summed E-state index contributed by atoms with van der Waals surface area (Å²) in [5, 5.41) is 8.62. The second kappa shape index (κ2) is 8.95. The van der Waals surface area contributed by atoms with E-state index in [2.05, 4.69) is 10.6 Å². The van der Waals surface area contributed by atoms with Gasteiger partial charge in [-0.2, -0.15) is 0 Å². The van der Waals surface area contributed by atoms with Gasteiger partial charge in [-0.15, -0.1) is 23.1 Å². The van der Waals surface area contributed by atoms with Gasteiger partial charge in [0.2, 0.25) is 0 Å². The molecule has 1 saturated heterocycles. The zero-order chi connectivity index (χ0) is 19.4. The molecule has 0 unspecified atom stereocenters. The Morgan fingerprint density at radius 1 is 1.19 bits per heavy atom. The number of carbonyl (C=O) groups is 2. The van der Waals surface area contributed by atoms with E-state index in [4.69, 9.17) is 9.47 Å². The molecule has 0 spiro atoms. The summed E-state index contributed by atoms with van der Waals surface area (Å²) in [5.41, 5.74) is 2.44. The number of dihydropyridines is 1. The fourth-order valence-corrected chi connectivity index (χ4v) is 5.23. The van der Waals surface area contributed by atoms with Crippen molar-refractivity contribution in [3.8, 4) is 0 Å². The van der Waals surface area contributed by atoms with Crippen LogP contribution in [0.15, 0.2) is 40.1 Å². The van der Waals surface area contributed by atoms with E-state index in [9.17, 15) is 9.59 Å². The number of hydrogen-bond donors (Lipinski definition) is 2. The van der Waals surface area contributed by atoms with Crippen molar-refractivity contribution in [3.63, 3.8) is 0 Å². The third-order valence-electron chi connectivity index (χ3n) is 4.39. The van der Waals surface area contributed by atoms with Crippen molar-refractivity contribution in [2.45, 2.75) is 32.1 Å². The summed E-state index contributed by atoms with van der Waals surface area (Å²) < 4.78 is 10.7. The van der Waals surface area contributed by atoms with Crippen LogP contribution in [0.5, 0.6) is 0 Å². The van der Waals surface area contributed by atoms with Gasteiger partial charge in [0.1, 0.15) is 0 Å². The van der Waals surface area contributed by atoms with E-state index >= 15 is 0 Å². The Balaban J connectivity index is 2.15. The SMILES string of the molecule is CCOC(=O)C1=C(C)NC([C@@H]2NCCS2)=C(C(=O)OCC)[C@H]1c1cccs1. The first-order chi connectivity index (χ1) is 13.1. The number of allylic oxidation sites excluding steroid dienone is 1. The number of rotatable bonds is 6. The monoisotopic (exact) mass is 408 g/mol. The molecule has 3 rings (SSSR count). The lowest BCUT2D eigenvalue weighted by molar-refractivity contribution is -0.139. The first-order valence-electron chi connectivity index (χ1n) is 9.02. The molecule has 1 aromatic heterocycles. The van der Waals surface area contributed by atoms with Gasteiger partial charge in [-0.3, -0.25) is 5.32 Å². The van der Waals surface area contributed by atoms with E-state index in [1.54, 1.807) is 25.6 Å². The molecule has 8 heteroatoms. The van der Waals surface area contributed by atoms with Gasteiger partial charge in [-0.25, -0.2) is 9.59 Å². The Kier molecular flexibility index (Phi) is 6.62. The molecular weight excluding hydrogens is 384 g/mol. The van der Waals surface area contributed by atoms with E-state index in [-0.39, 0.29) is 18.6 Å². The van der Waals surface area contributed by atoms with Crippen molar-refractivity contribution < 1.29 is 19.1 Å². The van der Waals surface area contributed by atoms with Crippen molar-refractivity contribution >= 4 is 35.0 Å². The van der Waals surface area contributed by atoms with Crippen LogP contribution >= 0.6 is 23.1 Å². The summed E-state index contributed by atoms with van der Waals surface area (Å²) in [4.78, 5) is 26.7. The smallest absolute Gasteiger partial charge is 0.336 e. The van der Waals surface area contributed by atoms with Crippen molar-refractivity contribution in [1.29, 1.82) is 0 Å². The number of nitrogens with one attached hydrogen (secondary N) is 2. The van der Waals surface area contributed by atoms with E-state index in [0.717, 1.165) is 22.9 Å². The summed E-state index contributed by atoms with van der Waals surface area (Å²) in [6, 6.07) is 3.87. The van der Waals surface area contributed by atoms with Gasteiger partial charge in [-0.1, -0.05) is 6.07 Å². The van der Waals surface area contributed by atoms with Crippen molar-refractivity contribution in [2.24, 2.45) is 0 Å². The standard InChI is InChI=1S/C19H24N2O4S2/c1-4-24-18(22)13-11(3)21-16(17-20-8-10-27-17)15(19(23)25-5-2)14(13)12-7-6-9-26-12/h6-7,9,14,17,20-21H,4-5,8,10H2,1-3H3/t14-,17+/m0/s1. The third-order valence-corrected chi connectivity index (χ3v) is 6.50. The number of hydrogen-bond acceptors (Lipinski definition) is 8. The number of esters is 2. The Morgan fingerprint density at radius 2 is 1.89 bits per heavy atom. The summed E-state index contributed by atoms with van der Waals surface area (Å²) >= 11 is 3.25. The zero-order valence-electron chi connectivity index (χ0n) is 15.7. The van der Waals surface area contributed by atoms with Crippen LogP contribution in [0.3, 0.4) is 0 Å². The van der Waals surface area contributed by atoms with Crippen LogP contribution in [0.1, 0.15) is 31.6 Å². The summed E-state index contributed by atoms with van der Waals surface area (Å²) in [6.07, 6.45) is 0. The maximum absolute atomic E-state index is 13.0.